The number of amides is 1. The lowest BCUT2D eigenvalue weighted by molar-refractivity contribution is -0.147. The number of morpholine rings is 1. The lowest BCUT2D eigenvalue weighted by Crippen LogP contribution is -2.53. The minimum atomic E-state index is -0.584. The average Bonchev–Trinajstić information content (AvgIpc) is 3.32. The van der Waals surface area contributed by atoms with Gasteiger partial charge < -0.3 is 19.5 Å². The van der Waals surface area contributed by atoms with E-state index in [2.05, 4.69) is 19.9 Å². The van der Waals surface area contributed by atoms with Crippen molar-refractivity contribution in [1.29, 1.82) is 0 Å². The number of fused-ring (bicyclic) bond motifs is 1. The molecule has 2 aromatic rings. The number of nitrogens with zero attached hydrogens (tertiary/aromatic N) is 1. The van der Waals surface area contributed by atoms with Gasteiger partial charge in [-0.15, -0.1) is 11.3 Å². The number of hydrogen-bond acceptors (Lipinski definition) is 5. The standard InChI is InChI=1S/C21H25NO4S/c1-13-8-15-10-19(26-18(15)9-14(13)2)21(24)22-5-6-25-12-16(22)11-17(23)20-4-3-7-27-20/h3-4,7-9,16-17,19,23H,5-6,10-12H2,1-2H3/t16-,17+,19-/m0/s1. The summed E-state index contributed by atoms with van der Waals surface area (Å²) in [5, 5.41) is 12.5. The van der Waals surface area contributed by atoms with Crippen LogP contribution >= 0.6 is 11.3 Å². The molecule has 144 valence electrons. The smallest absolute Gasteiger partial charge is 0.264 e. The Morgan fingerprint density at radius 3 is 2.96 bits per heavy atom. The highest BCUT2D eigenvalue weighted by molar-refractivity contribution is 7.10. The molecule has 0 saturated carbocycles. The van der Waals surface area contributed by atoms with Crippen LogP contribution < -0.4 is 4.74 Å². The second-order valence-electron chi connectivity index (χ2n) is 7.38. The number of thiophene rings is 1. The molecule has 0 spiro atoms. The van der Waals surface area contributed by atoms with E-state index < -0.39 is 12.2 Å². The van der Waals surface area contributed by atoms with Gasteiger partial charge in [-0.05, 0) is 48.1 Å². The predicted molar refractivity (Wildman–Crippen MR) is 104 cm³/mol. The van der Waals surface area contributed by atoms with Gasteiger partial charge in [-0.25, -0.2) is 0 Å². The van der Waals surface area contributed by atoms with Gasteiger partial charge in [-0.3, -0.25) is 4.79 Å². The summed E-state index contributed by atoms with van der Waals surface area (Å²) in [6, 6.07) is 7.85. The second-order valence-corrected chi connectivity index (χ2v) is 8.36. The maximum absolute atomic E-state index is 13.2. The summed E-state index contributed by atoms with van der Waals surface area (Å²) in [4.78, 5) is 15.9. The van der Waals surface area contributed by atoms with Crippen molar-refractivity contribution in [3.05, 3.63) is 51.2 Å². The van der Waals surface area contributed by atoms with E-state index in [9.17, 15) is 9.90 Å². The van der Waals surface area contributed by atoms with Crippen molar-refractivity contribution in [2.24, 2.45) is 0 Å². The Balaban J connectivity index is 1.46. The molecule has 2 aliphatic heterocycles. The molecular weight excluding hydrogens is 362 g/mol. The first kappa shape index (κ1) is 18.5. The molecule has 0 unspecified atom stereocenters. The van der Waals surface area contributed by atoms with Crippen LogP contribution in [0.15, 0.2) is 29.6 Å². The molecule has 1 saturated heterocycles. The van der Waals surface area contributed by atoms with E-state index in [1.165, 1.54) is 22.5 Å². The monoisotopic (exact) mass is 387 g/mol. The minimum absolute atomic E-state index is 0.00631. The molecular formula is C21H25NO4S. The molecule has 0 bridgehead atoms. The van der Waals surface area contributed by atoms with Gasteiger partial charge in [0.2, 0.25) is 0 Å². The summed E-state index contributed by atoms with van der Waals surface area (Å²) >= 11 is 1.53. The van der Waals surface area contributed by atoms with Crippen LogP contribution in [0.3, 0.4) is 0 Å². The van der Waals surface area contributed by atoms with Gasteiger partial charge in [-0.2, -0.15) is 0 Å². The van der Waals surface area contributed by atoms with Gasteiger partial charge >= 0.3 is 0 Å². The highest BCUT2D eigenvalue weighted by atomic mass is 32.1. The minimum Gasteiger partial charge on any atom is -0.480 e. The average molecular weight is 388 g/mol. The number of ether oxygens (including phenoxy) is 2. The lowest BCUT2D eigenvalue weighted by atomic mass is 10.0. The van der Waals surface area contributed by atoms with Gasteiger partial charge in [-0.1, -0.05) is 12.1 Å². The third-order valence-electron chi connectivity index (χ3n) is 5.50. The van der Waals surface area contributed by atoms with Crippen molar-refractivity contribution < 1.29 is 19.4 Å². The first-order valence-electron chi connectivity index (χ1n) is 9.39. The third-order valence-corrected chi connectivity index (χ3v) is 6.48. The van der Waals surface area contributed by atoms with Crippen LogP contribution in [0.4, 0.5) is 0 Å². The van der Waals surface area contributed by atoms with E-state index in [1.807, 2.05) is 28.5 Å². The third kappa shape index (κ3) is 3.74. The maximum Gasteiger partial charge on any atom is 0.264 e. The van der Waals surface area contributed by atoms with Gasteiger partial charge in [0.25, 0.3) is 5.91 Å². The number of hydrogen-bond donors (Lipinski definition) is 1. The predicted octanol–water partition coefficient (Wildman–Crippen LogP) is 3.02. The highest BCUT2D eigenvalue weighted by Crippen LogP contribution is 2.33. The van der Waals surface area contributed by atoms with Gasteiger partial charge in [0.05, 0.1) is 25.4 Å². The molecule has 1 aromatic heterocycles. The van der Waals surface area contributed by atoms with E-state index in [0.717, 1.165) is 16.2 Å². The van der Waals surface area contributed by atoms with Crippen LogP contribution in [-0.4, -0.2) is 47.8 Å². The molecule has 1 fully saturated rings. The quantitative estimate of drug-likeness (QED) is 0.876. The maximum atomic E-state index is 13.2. The van der Waals surface area contributed by atoms with E-state index in [1.54, 1.807) is 0 Å². The molecule has 4 rings (SSSR count). The first-order valence-corrected chi connectivity index (χ1v) is 10.3. The Kier molecular flexibility index (Phi) is 5.21. The molecule has 1 amide bonds. The largest absolute Gasteiger partial charge is 0.480 e. The van der Waals surface area contributed by atoms with Gasteiger partial charge in [0, 0.05) is 24.3 Å². The van der Waals surface area contributed by atoms with Crippen molar-refractivity contribution in [3.8, 4) is 5.75 Å². The molecule has 5 nitrogen and oxygen atoms in total. The number of aryl methyl sites for hydroxylation is 2. The number of aliphatic hydroxyl groups is 1. The van der Waals surface area contributed by atoms with E-state index >= 15 is 0 Å². The van der Waals surface area contributed by atoms with E-state index in [0.29, 0.717) is 32.6 Å². The van der Waals surface area contributed by atoms with Gasteiger partial charge in [0.15, 0.2) is 6.10 Å². The zero-order valence-electron chi connectivity index (χ0n) is 15.7. The number of carbonyl (C=O) groups is 1. The molecule has 3 atom stereocenters. The molecule has 0 aliphatic carbocycles. The van der Waals surface area contributed by atoms with Crippen molar-refractivity contribution in [1.82, 2.24) is 4.90 Å². The zero-order valence-corrected chi connectivity index (χ0v) is 16.5. The molecule has 1 N–H and O–H groups in total. The highest BCUT2D eigenvalue weighted by Gasteiger charge is 2.37. The fourth-order valence-electron chi connectivity index (χ4n) is 3.83. The van der Waals surface area contributed by atoms with Gasteiger partial charge in [0.1, 0.15) is 5.75 Å². The summed E-state index contributed by atoms with van der Waals surface area (Å²) in [6.45, 7) is 5.64. The Bertz CT molecular complexity index is 789. The van der Waals surface area contributed by atoms with Crippen molar-refractivity contribution in [2.45, 2.75) is 44.9 Å². The van der Waals surface area contributed by atoms with Crippen molar-refractivity contribution >= 4 is 17.2 Å². The summed E-state index contributed by atoms with van der Waals surface area (Å²) in [5.41, 5.74) is 3.49. The molecule has 1 aromatic carbocycles. The molecule has 27 heavy (non-hydrogen) atoms. The molecule has 3 heterocycles. The van der Waals surface area contributed by atoms with Crippen molar-refractivity contribution in [3.63, 3.8) is 0 Å². The van der Waals surface area contributed by atoms with Crippen LogP contribution in [0.25, 0.3) is 0 Å². The van der Waals surface area contributed by atoms with Crippen LogP contribution in [-0.2, 0) is 16.0 Å². The summed E-state index contributed by atoms with van der Waals surface area (Å²) < 4.78 is 11.6. The summed E-state index contributed by atoms with van der Waals surface area (Å²) in [6.07, 6.45) is 0.0106. The Hall–Kier alpha value is -1.89. The van der Waals surface area contributed by atoms with Crippen molar-refractivity contribution in [2.75, 3.05) is 19.8 Å². The van der Waals surface area contributed by atoms with Crippen LogP contribution in [0, 0.1) is 13.8 Å². The molecule has 0 radical (unpaired) electrons. The molecule has 2 aliphatic rings. The number of benzene rings is 1. The van der Waals surface area contributed by atoms with Crippen LogP contribution in [0.5, 0.6) is 5.75 Å². The normalized spacial score (nSPS) is 23.0. The number of rotatable bonds is 4. The second kappa shape index (κ2) is 7.62. The SMILES string of the molecule is Cc1cc2c(cc1C)O[C@H](C(=O)N1CCOC[C@@H]1C[C@@H](O)c1cccs1)C2. The van der Waals surface area contributed by atoms with E-state index in [-0.39, 0.29) is 11.9 Å². The first-order chi connectivity index (χ1) is 13.0. The lowest BCUT2D eigenvalue weighted by Gasteiger charge is -2.37. The van der Waals surface area contributed by atoms with E-state index in [4.69, 9.17) is 9.47 Å². The number of carbonyl (C=O) groups excluding carboxylic acids is 1. The summed E-state index contributed by atoms with van der Waals surface area (Å²) in [5.74, 6) is 0.813. The fourth-order valence-corrected chi connectivity index (χ4v) is 4.56. The summed E-state index contributed by atoms with van der Waals surface area (Å²) in [7, 11) is 0. The molecule has 6 heteroatoms. The Labute approximate surface area is 163 Å². The number of aliphatic hydroxyl groups excluding tert-OH is 1. The van der Waals surface area contributed by atoms with Crippen LogP contribution in [0.1, 0.15) is 34.1 Å². The topological polar surface area (TPSA) is 59.0 Å². The Morgan fingerprint density at radius 1 is 1.37 bits per heavy atom. The Morgan fingerprint density at radius 2 is 2.19 bits per heavy atom. The fraction of sp³-hybridized carbons (Fsp3) is 0.476. The zero-order chi connectivity index (χ0) is 19.0. The van der Waals surface area contributed by atoms with Crippen LogP contribution in [0.2, 0.25) is 0 Å².